The zero-order chi connectivity index (χ0) is 19.3. The van der Waals surface area contributed by atoms with Crippen LogP contribution in [-0.2, 0) is 0 Å². The molecule has 0 radical (unpaired) electrons. The fraction of sp³-hybridized carbons (Fsp3) is 0.350. The molecule has 0 saturated carbocycles. The van der Waals surface area contributed by atoms with Crippen molar-refractivity contribution in [2.24, 2.45) is 5.92 Å². The maximum atomic E-state index is 12.7. The van der Waals surface area contributed by atoms with E-state index in [0.717, 1.165) is 17.7 Å². The van der Waals surface area contributed by atoms with Crippen molar-refractivity contribution in [3.63, 3.8) is 0 Å². The summed E-state index contributed by atoms with van der Waals surface area (Å²) >= 11 is 0. The van der Waals surface area contributed by atoms with Crippen LogP contribution in [0.4, 0.5) is 5.69 Å². The highest BCUT2D eigenvalue weighted by atomic mass is 16.6. The molecule has 26 heavy (non-hydrogen) atoms. The number of aryl methyl sites for hydroxylation is 1. The average Bonchev–Trinajstić information content (AvgIpc) is 2.60. The summed E-state index contributed by atoms with van der Waals surface area (Å²) in [6.07, 6.45) is 0.782. The van der Waals surface area contributed by atoms with Gasteiger partial charge >= 0.3 is 0 Å². The summed E-state index contributed by atoms with van der Waals surface area (Å²) in [5.74, 6) is 0.903. The number of carbonyl (C=O) groups excluding carboxylic acids is 1. The lowest BCUT2D eigenvalue weighted by Gasteiger charge is -2.21. The number of rotatable bonds is 7. The maximum absolute atomic E-state index is 12.7. The Balaban J connectivity index is 2.22. The topological polar surface area (TPSA) is 81.5 Å². The van der Waals surface area contributed by atoms with Gasteiger partial charge in [-0.15, -0.1) is 0 Å². The summed E-state index contributed by atoms with van der Waals surface area (Å²) in [7, 11) is 1.61. The maximum Gasteiger partial charge on any atom is 0.272 e. The van der Waals surface area contributed by atoms with Gasteiger partial charge in [-0.3, -0.25) is 14.9 Å². The Bertz CT molecular complexity index is 785. The second-order valence-electron chi connectivity index (χ2n) is 6.69. The molecule has 1 N–H and O–H groups in total. The number of nitro benzene ring substituents is 1. The number of hydrogen-bond donors (Lipinski definition) is 1. The van der Waals surface area contributed by atoms with Crippen LogP contribution >= 0.6 is 0 Å². The van der Waals surface area contributed by atoms with E-state index in [4.69, 9.17) is 4.74 Å². The fourth-order valence-electron chi connectivity index (χ4n) is 2.83. The molecule has 0 aromatic heterocycles. The zero-order valence-electron chi connectivity index (χ0n) is 15.5. The minimum absolute atomic E-state index is 0.00966. The third kappa shape index (κ3) is 4.81. The molecule has 1 amide bonds. The van der Waals surface area contributed by atoms with E-state index in [1.807, 2.05) is 24.3 Å². The molecule has 0 fully saturated rings. The standard InChI is InChI=1S/C20H24N2O4/c1-13(2)11-18(15-5-8-17(26-4)9-6-15)21-20(23)16-7-10-19(22(24)25)14(3)12-16/h5-10,12-13,18H,11H2,1-4H3,(H,21,23). The monoisotopic (exact) mass is 356 g/mol. The van der Waals surface area contributed by atoms with Gasteiger partial charge in [0.2, 0.25) is 0 Å². The molecule has 0 aliphatic heterocycles. The molecule has 2 aromatic carbocycles. The van der Waals surface area contributed by atoms with Crippen molar-refractivity contribution < 1.29 is 14.5 Å². The second-order valence-corrected chi connectivity index (χ2v) is 6.69. The van der Waals surface area contributed by atoms with Gasteiger partial charge in [-0.05, 0) is 49.1 Å². The first-order valence-corrected chi connectivity index (χ1v) is 8.51. The molecule has 6 heteroatoms. The number of nitrogens with zero attached hydrogens (tertiary/aromatic N) is 1. The van der Waals surface area contributed by atoms with Crippen molar-refractivity contribution in [3.05, 3.63) is 69.3 Å². The van der Waals surface area contributed by atoms with Crippen LogP contribution in [0.15, 0.2) is 42.5 Å². The van der Waals surface area contributed by atoms with Crippen molar-refractivity contribution in [2.75, 3.05) is 7.11 Å². The smallest absolute Gasteiger partial charge is 0.272 e. The number of nitrogens with one attached hydrogen (secondary N) is 1. The Morgan fingerprint density at radius 3 is 2.35 bits per heavy atom. The van der Waals surface area contributed by atoms with E-state index < -0.39 is 4.92 Å². The van der Waals surface area contributed by atoms with Crippen molar-refractivity contribution >= 4 is 11.6 Å². The van der Waals surface area contributed by atoms with Gasteiger partial charge in [-0.2, -0.15) is 0 Å². The van der Waals surface area contributed by atoms with Crippen LogP contribution in [0.3, 0.4) is 0 Å². The van der Waals surface area contributed by atoms with Gasteiger partial charge in [0, 0.05) is 17.2 Å². The van der Waals surface area contributed by atoms with Crippen LogP contribution in [-0.4, -0.2) is 17.9 Å². The van der Waals surface area contributed by atoms with Crippen molar-refractivity contribution in [3.8, 4) is 5.75 Å². The van der Waals surface area contributed by atoms with Crippen LogP contribution in [0.5, 0.6) is 5.75 Å². The minimum Gasteiger partial charge on any atom is -0.497 e. The predicted octanol–water partition coefficient (Wildman–Crippen LogP) is 4.43. The second kappa shape index (κ2) is 8.47. The highest BCUT2D eigenvalue weighted by molar-refractivity contribution is 5.95. The summed E-state index contributed by atoms with van der Waals surface area (Å²) < 4.78 is 5.18. The number of amides is 1. The van der Waals surface area contributed by atoms with E-state index in [1.165, 1.54) is 12.1 Å². The van der Waals surface area contributed by atoms with Gasteiger partial charge in [0.05, 0.1) is 18.1 Å². The zero-order valence-corrected chi connectivity index (χ0v) is 15.5. The van der Waals surface area contributed by atoms with Crippen LogP contribution in [0, 0.1) is 23.0 Å². The van der Waals surface area contributed by atoms with Crippen LogP contribution in [0.2, 0.25) is 0 Å². The molecule has 0 spiro atoms. The van der Waals surface area contributed by atoms with E-state index >= 15 is 0 Å². The SMILES string of the molecule is COc1ccc(C(CC(C)C)NC(=O)c2ccc([N+](=O)[O-])c(C)c2)cc1. The molecular formula is C20H24N2O4. The van der Waals surface area contributed by atoms with Crippen LogP contribution in [0.1, 0.15) is 47.8 Å². The molecule has 2 rings (SSSR count). The Hall–Kier alpha value is -2.89. The molecule has 0 saturated heterocycles. The highest BCUT2D eigenvalue weighted by Crippen LogP contribution is 2.25. The van der Waals surface area contributed by atoms with E-state index in [2.05, 4.69) is 19.2 Å². The number of hydrogen-bond acceptors (Lipinski definition) is 4. The normalized spacial score (nSPS) is 11.9. The lowest BCUT2D eigenvalue weighted by molar-refractivity contribution is -0.385. The highest BCUT2D eigenvalue weighted by Gasteiger charge is 2.19. The first-order chi connectivity index (χ1) is 12.3. The molecule has 2 aromatic rings. The quantitative estimate of drug-likeness (QED) is 0.588. The molecule has 0 heterocycles. The molecule has 1 unspecified atom stereocenters. The van der Waals surface area contributed by atoms with Crippen LogP contribution < -0.4 is 10.1 Å². The Morgan fingerprint density at radius 2 is 1.85 bits per heavy atom. The summed E-state index contributed by atoms with van der Waals surface area (Å²) in [5, 5.41) is 14.0. The van der Waals surface area contributed by atoms with Gasteiger partial charge in [0.1, 0.15) is 5.75 Å². The number of benzene rings is 2. The molecular weight excluding hydrogens is 332 g/mol. The Labute approximate surface area is 153 Å². The molecule has 1 atom stereocenters. The molecule has 6 nitrogen and oxygen atoms in total. The molecule has 0 aliphatic carbocycles. The van der Waals surface area contributed by atoms with Gasteiger partial charge in [0.15, 0.2) is 0 Å². The molecule has 0 aliphatic rings. The lowest BCUT2D eigenvalue weighted by Crippen LogP contribution is -2.29. The number of methoxy groups -OCH3 is 1. The summed E-state index contributed by atoms with van der Waals surface area (Å²) in [5.41, 5.74) is 1.88. The summed E-state index contributed by atoms with van der Waals surface area (Å²) in [6, 6.07) is 11.9. The summed E-state index contributed by atoms with van der Waals surface area (Å²) in [6.45, 7) is 5.82. The Morgan fingerprint density at radius 1 is 1.19 bits per heavy atom. The first kappa shape index (κ1) is 19.4. The van der Waals surface area contributed by atoms with E-state index in [0.29, 0.717) is 17.0 Å². The van der Waals surface area contributed by atoms with Gasteiger partial charge in [-0.25, -0.2) is 0 Å². The van der Waals surface area contributed by atoms with E-state index in [9.17, 15) is 14.9 Å². The average molecular weight is 356 g/mol. The third-order valence-corrected chi connectivity index (χ3v) is 4.19. The van der Waals surface area contributed by atoms with E-state index in [1.54, 1.807) is 20.1 Å². The predicted molar refractivity (Wildman–Crippen MR) is 100 cm³/mol. The van der Waals surface area contributed by atoms with Gasteiger partial charge in [0.25, 0.3) is 11.6 Å². The van der Waals surface area contributed by atoms with Gasteiger partial charge < -0.3 is 10.1 Å². The largest absolute Gasteiger partial charge is 0.497 e. The van der Waals surface area contributed by atoms with Crippen molar-refractivity contribution in [1.82, 2.24) is 5.32 Å². The molecule has 0 bridgehead atoms. The third-order valence-electron chi connectivity index (χ3n) is 4.19. The minimum atomic E-state index is -0.448. The first-order valence-electron chi connectivity index (χ1n) is 8.51. The van der Waals surface area contributed by atoms with Crippen LogP contribution in [0.25, 0.3) is 0 Å². The molecule has 138 valence electrons. The number of ether oxygens (including phenoxy) is 1. The summed E-state index contributed by atoms with van der Waals surface area (Å²) in [4.78, 5) is 23.1. The lowest BCUT2D eigenvalue weighted by atomic mass is 9.96. The van der Waals surface area contributed by atoms with Crippen molar-refractivity contribution in [2.45, 2.75) is 33.2 Å². The Kier molecular flexibility index (Phi) is 6.33. The van der Waals surface area contributed by atoms with Gasteiger partial charge in [-0.1, -0.05) is 26.0 Å². The van der Waals surface area contributed by atoms with Crippen molar-refractivity contribution in [1.29, 1.82) is 0 Å². The number of nitro groups is 1. The number of carbonyl (C=O) groups is 1. The van der Waals surface area contributed by atoms with E-state index in [-0.39, 0.29) is 17.6 Å². The fourth-order valence-corrected chi connectivity index (χ4v) is 2.83.